The van der Waals surface area contributed by atoms with Gasteiger partial charge in [0.25, 0.3) is 10.0 Å². The lowest BCUT2D eigenvalue weighted by Gasteiger charge is -2.20. The second-order valence-corrected chi connectivity index (χ2v) is 7.07. The van der Waals surface area contributed by atoms with Gasteiger partial charge in [-0.3, -0.25) is 9.10 Å². The highest BCUT2D eigenvalue weighted by molar-refractivity contribution is 7.92. The van der Waals surface area contributed by atoms with Gasteiger partial charge in [-0.2, -0.15) is 0 Å². The lowest BCUT2D eigenvalue weighted by atomic mass is 10.3. The second kappa shape index (κ2) is 7.35. The Labute approximate surface area is 142 Å². The van der Waals surface area contributed by atoms with Gasteiger partial charge < -0.3 is 10.1 Å². The SMILES string of the molecule is CCOc1ccc(N(C)S(=O)(=O)c2ccc(NC(C)=O)cc2)cc1. The molecule has 1 amide bonds. The van der Waals surface area contributed by atoms with E-state index in [1.165, 1.54) is 30.4 Å². The van der Waals surface area contributed by atoms with E-state index in [2.05, 4.69) is 5.32 Å². The first-order valence-electron chi connectivity index (χ1n) is 7.44. The molecular formula is C17H20N2O4S. The van der Waals surface area contributed by atoms with Crippen molar-refractivity contribution in [1.82, 2.24) is 0 Å². The van der Waals surface area contributed by atoms with E-state index in [1.807, 2.05) is 6.92 Å². The van der Waals surface area contributed by atoms with Gasteiger partial charge >= 0.3 is 0 Å². The minimum Gasteiger partial charge on any atom is -0.494 e. The van der Waals surface area contributed by atoms with Crippen molar-refractivity contribution >= 4 is 27.3 Å². The predicted octanol–water partition coefficient (Wildman–Crippen LogP) is 2.87. The van der Waals surface area contributed by atoms with Crippen LogP contribution in [0.3, 0.4) is 0 Å². The molecule has 0 aliphatic rings. The third kappa shape index (κ3) is 4.05. The molecule has 0 saturated heterocycles. The van der Waals surface area contributed by atoms with Gasteiger partial charge in [0.2, 0.25) is 5.91 Å². The number of anilines is 2. The maximum atomic E-state index is 12.7. The topological polar surface area (TPSA) is 75.7 Å². The average Bonchev–Trinajstić information content (AvgIpc) is 2.55. The maximum Gasteiger partial charge on any atom is 0.264 e. The number of carbonyl (C=O) groups excluding carboxylic acids is 1. The Balaban J connectivity index is 2.23. The molecule has 0 aromatic heterocycles. The van der Waals surface area contributed by atoms with Crippen LogP contribution in [-0.4, -0.2) is 28.0 Å². The van der Waals surface area contributed by atoms with Crippen molar-refractivity contribution in [1.29, 1.82) is 0 Å². The number of sulfonamides is 1. The molecule has 0 aliphatic carbocycles. The number of nitrogens with zero attached hydrogens (tertiary/aromatic N) is 1. The maximum absolute atomic E-state index is 12.7. The number of nitrogens with one attached hydrogen (secondary N) is 1. The molecule has 2 aromatic rings. The summed E-state index contributed by atoms with van der Waals surface area (Å²) in [7, 11) is -2.19. The fourth-order valence-electron chi connectivity index (χ4n) is 2.13. The van der Waals surface area contributed by atoms with E-state index in [1.54, 1.807) is 36.4 Å². The normalized spacial score (nSPS) is 11.0. The van der Waals surface area contributed by atoms with E-state index in [9.17, 15) is 13.2 Å². The van der Waals surface area contributed by atoms with E-state index >= 15 is 0 Å². The number of ether oxygens (including phenoxy) is 1. The van der Waals surface area contributed by atoms with Crippen LogP contribution >= 0.6 is 0 Å². The van der Waals surface area contributed by atoms with Crippen LogP contribution < -0.4 is 14.4 Å². The van der Waals surface area contributed by atoms with Crippen LogP contribution in [0.25, 0.3) is 0 Å². The largest absolute Gasteiger partial charge is 0.494 e. The summed E-state index contributed by atoms with van der Waals surface area (Å²) in [6, 6.07) is 12.9. The van der Waals surface area contributed by atoms with Crippen LogP contribution in [0.1, 0.15) is 13.8 Å². The minimum atomic E-state index is -3.68. The number of rotatable bonds is 6. The van der Waals surface area contributed by atoms with E-state index in [0.717, 1.165) is 0 Å². The van der Waals surface area contributed by atoms with E-state index in [4.69, 9.17) is 4.74 Å². The van der Waals surface area contributed by atoms with Crippen LogP contribution in [-0.2, 0) is 14.8 Å². The number of hydrogen-bond donors (Lipinski definition) is 1. The van der Waals surface area contributed by atoms with E-state index < -0.39 is 10.0 Å². The van der Waals surface area contributed by atoms with Crippen LogP contribution in [0.15, 0.2) is 53.4 Å². The number of benzene rings is 2. The Morgan fingerprint density at radius 2 is 1.67 bits per heavy atom. The summed E-state index contributed by atoms with van der Waals surface area (Å²) in [6.45, 7) is 3.83. The number of amides is 1. The van der Waals surface area contributed by atoms with Crippen molar-refractivity contribution in [2.75, 3.05) is 23.3 Å². The Morgan fingerprint density at radius 1 is 1.08 bits per heavy atom. The summed E-state index contributed by atoms with van der Waals surface area (Å²) in [5.74, 6) is 0.476. The number of hydrogen-bond acceptors (Lipinski definition) is 4. The fourth-order valence-corrected chi connectivity index (χ4v) is 3.32. The van der Waals surface area contributed by atoms with Crippen LogP contribution in [0.5, 0.6) is 5.75 Å². The Morgan fingerprint density at radius 3 is 2.17 bits per heavy atom. The van der Waals surface area contributed by atoms with Gasteiger partial charge in [-0.1, -0.05) is 0 Å². The zero-order valence-corrected chi connectivity index (χ0v) is 14.6. The third-order valence-electron chi connectivity index (χ3n) is 3.34. The first-order chi connectivity index (χ1) is 11.3. The molecule has 0 heterocycles. The molecule has 24 heavy (non-hydrogen) atoms. The highest BCUT2D eigenvalue weighted by Crippen LogP contribution is 2.25. The smallest absolute Gasteiger partial charge is 0.264 e. The highest BCUT2D eigenvalue weighted by Gasteiger charge is 2.21. The van der Waals surface area contributed by atoms with Crippen molar-refractivity contribution in [2.24, 2.45) is 0 Å². The van der Waals surface area contributed by atoms with Gasteiger partial charge in [0.15, 0.2) is 0 Å². The lowest BCUT2D eigenvalue weighted by molar-refractivity contribution is -0.114. The van der Waals surface area contributed by atoms with Gasteiger partial charge in [-0.05, 0) is 55.5 Å². The first kappa shape index (κ1) is 17.8. The molecule has 0 spiro atoms. The van der Waals surface area contributed by atoms with Crippen LogP contribution in [0.2, 0.25) is 0 Å². The zero-order chi connectivity index (χ0) is 17.7. The third-order valence-corrected chi connectivity index (χ3v) is 5.14. The van der Waals surface area contributed by atoms with E-state index in [0.29, 0.717) is 23.7 Å². The standard InChI is InChI=1S/C17H20N2O4S/c1-4-23-16-9-7-15(8-10-16)19(3)24(21,22)17-11-5-14(6-12-17)18-13(2)20/h5-12H,4H2,1-3H3,(H,18,20). The average molecular weight is 348 g/mol. The second-order valence-electron chi connectivity index (χ2n) is 5.11. The molecule has 0 atom stereocenters. The summed E-state index contributed by atoms with van der Waals surface area (Å²) >= 11 is 0. The molecule has 0 unspecified atom stereocenters. The zero-order valence-electron chi connectivity index (χ0n) is 13.8. The molecule has 128 valence electrons. The molecule has 6 nitrogen and oxygen atoms in total. The molecule has 0 aliphatic heterocycles. The van der Waals surface area contributed by atoms with Crippen molar-refractivity contribution in [3.63, 3.8) is 0 Å². The van der Waals surface area contributed by atoms with E-state index in [-0.39, 0.29) is 10.8 Å². The summed E-state index contributed by atoms with van der Waals surface area (Å²) < 4.78 is 31.9. The van der Waals surface area contributed by atoms with Crippen molar-refractivity contribution in [2.45, 2.75) is 18.7 Å². The Kier molecular flexibility index (Phi) is 5.46. The molecule has 7 heteroatoms. The molecule has 0 saturated carbocycles. The summed E-state index contributed by atoms with van der Waals surface area (Å²) in [4.78, 5) is 11.2. The molecule has 0 radical (unpaired) electrons. The van der Waals surface area contributed by atoms with Gasteiger partial charge in [0.1, 0.15) is 5.75 Å². The number of carbonyl (C=O) groups is 1. The molecule has 2 aromatic carbocycles. The van der Waals surface area contributed by atoms with Crippen molar-refractivity contribution in [3.05, 3.63) is 48.5 Å². The lowest BCUT2D eigenvalue weighted by Crippen LogP contribution is -2.26. The first-order valence-corrected chi connectivity index (χ1v) is 8.88. The van der Waals surface area contributed by atoms with Gasteiger partial charge in [0.05, 0.1) is 17.2 Å². The van der Waals surface area contributed by atoms with Gasteiger partial charge in [-0.25, -0.2) is 8.42 Å². The predicted molar refractivity (Wildman–Crippen MR) is 93.9 cm³/mol. The molecular weight excluding hydrogens is 328 g/mol. The minimum absolute atomic E-state index is 0.146. The molecule has 1 N–H and O–H groups in total. The Hall–Kier alpha value is -2.54. The molecule has 0 fully saturated rings. The van der Waals surface area contributed by atoms with Crippen LogP contribution in [0.4, 0.5) is 11.4 Å². The van der Waals surface area contributed by atoms with Crippen molar-refractivity contribution in [3.8, 4) is 5.75 Å². The summed E-state index contributed by atoms with van der Waals surface area (Å²) in [5.41, 5.74) is 1.08. The fraction of sp³-hybridized carbons (Fsp3) is 0.235. The van der Waals surface area contributed by atoms with Gasteiger partial charge in [0, 0.05) is 19.7 Å². The quantitative estimate of drug-likeness (QED) is 0.871. The molecule has 2 rings (SSSR count). The van der Waals surface area contributed by atoms with Crippen molar-refractivity contribution < 1.29 is 17.9 Å². The summed E-state index contributed by atoms with van der Waals surface area (Å²) in [5, 5.41) is 2.60. The van der Waals surface area contributed by atoms with Crippen LogP contribution in [0, 0.1) is 0 Å². The Bertz CT molecular complexity index is 799. The monoisotopic (exact) mass is 348 g/mol. The summed E-state index contributed by atoms with van der Waals surface area (Å²) in [6.07, 6.45) is 0. The molecule has 0 bridgehead atoms. The highest BCUT2D eigenvalue weighted by atomic mass is 32.2. The van der Waals surface area contributed by atoms with Gasteiger partial charge in [-0.15, -0.1) is 0 Å².